The third kappa shape index (κ3) is 2.96. The quantitative estimate of drug-likeness (QED) is 0.942. The van der Waals surface area contributed by atoms with E-state index < -0.39 is 0 Å². The van der Waals surface area contributed by atoms with Crippen LogP contribution in [0.2, 0.25) is 0 Å². The van der Waals surface area contributed by atoms with Crippen LogP contribution in [-0.4, -0.2) is 34.4 Å². The molecule has 1 spiro atoms. The highest BCUT2D eigenvalue weighted by Gasteiger charge is 2.46. The van der Waals surface area contributed by atoms with Gasteiger partial charge in [0.2, 0.25) is 5.91 Å². The molecule has 2 aromatic rings. The van der Waals surface area contributed by atoms with Gasteiger partial charge in [0.25, 0.3) is 0 Å². The molecule has 1 atom stereocenters. The number of pyridine rings is 1. The molecule has 4 heterocycles. The maximum absolute atomic E-state index is 12.5. The first-order valence-corrected chi connectivity index (χ1v) is 8.63. The second-order valence-corrected chi connectivity index (χ2v) is 7.10. The average molecular weight is 325 g/mol. The van der Waals surface area contributed by atoms with Crippen molar-refractivity contribution >= 4 is 5.91 Å². The lowest BCUT2D eigenvalue weighted by molar-refractivity contribution is -0.121. The first-order chi connectivity index (χ1) is 11.6. The summed E-state index contributed by atoms with van der Waals surface area (Å²) in [6, 6.07) is 7.98. The number of aromatic nitrogens is 1. The smallest absolute Gasteiger partial charge is 0.228 e. The number of rotatable bonds is 3. The summed E-state index contributed by atoms with van der Waals surface area (Å²) in [5.41, 5.74) is 1.04. The fraction of sp³-hybridized carbons (Fsp3) is 0.474. The van der Waals surface area contributed by atoms with E-state index in [1.807, 2.05) is 25.1 Å². The van der Waals surface area contributed by atoms with E-state index in [-0.39, 0.29) is 17.4 Å². The molecule has 2 fully saturated rings. The standard InChI is InChI=1S/C19H23N3O2/c1-14-2-3-16(24-14)13-22-10-6-19(7-11-22)12-17(18(23)21-19)15-4-8-20-9-5-15/h2-5,8-9,17H,6-7,10-13H2,1H3,(H,21,23)/t17-/m1/s1. The average Bonchev–Trinajstić information content (AvgIpc) is 3.14. The highest BCUT2D eigenvalue weighted by atomic mass is 16.3. The zero-order chi connectivity index (χ0) is 16.6. The summed E-state index contributed by atoms with van der Waals surface area (Å²) in [6.07, 6.45) is 6.42. The zero-order valence-corrected chi connectivity index (χ0v) is 14.0. The van der Waals surface area contributed by atoms with E-state index in [2.05, 4.69) is 21.3 Å². The molecule has 1 amide bonds. The largest absolute Gasteiger partial charge is 0.465 e. The predicted octanol–water partition coefficient (Wildman–Crippen LogP) is 2.62. The van der Waals surface area contributed by atoms with Gasteiger partial charge < -0.3 is 9.73 Å². The number of nitrogens with one attached hydrogen (secondary N) is 1. The summed E-state index contributed by atoms with van der Waals surface area (Å²) >= 11 is 0. The van der Waals surface area contributed by atoms with Crippen LogP contribution in [0.25, 0.3) is 0 Å². The van der Waals surface area contributed by atoms with Gasteiger partial charge in [-0.15, -0.1) is 0 Å². The van der Waals surface area contributed by atoms with Crippen molar-refractivity contribution in [2.45, 2.75) is 44.2 Å². The first kappa shape index (κ1) is 15.4. The monoisotopic (exact) mass is 325 g/mol. The Morgan fingerprint density at radius 3 is 2.67 bits per heavy atom. The fourth-order valence-corrected chi connectivity index (χ4v) is 4.01. The second kappa shape index (κ2) is 6.06. The Hall–Kier alpha value is -2.14. The van der Waals surface area contributed by atoms with E-state index in [0.29, 0.717) is 0 Å². The van der Waals surface area contributed by atoms with Crippen molar-refractivity contribution in [1.29, 1.82) is 0 Å². The zero-order valence-electron chi connectivity index (χ0n) is 14.0. The number of hydrogen-bond acceptors (Lipinski definition) is 4. The van der Waals surface area contributed by atoms with Crippen molar-refractivity contribution in [2.75, 3.05) is 13.1 Å². The summed E-state index contributed by atoms with van der Waals surface area (Å²) in [5.74, 6) is 2.11. The fourth-order valence-electron chi connectivity index (χ4n) is 4.01. The number of hydrogen-bond donors (Lipinski definition) is 1. The first-order valence-electron chi connectivity index (χ1n) is 8.63. The number of likely N-dealkylation sites (tertiary alicyclic amines) is 1. The SMILES string of the molecule is Cc1ccc(CN2CCC3(CC2)C[C@H](c2ccncc2)C(=O)N3)o1. The van der Waals surface area contributed by atoms with Gasteiger partial charge in [0.1, 0.15) is 11.5 Å². The number of carbonyl (C=O) groups excluding carboxylic acids is 1. The van der Waals surface area contributed by atoms with Crippen LogP contribution >= 0.6 is 0 Å². The lowest BCUT2D eigenvalue weighted by atomic mass is 9.82. The van der Waals surface area contributed by atoms with E-state index in [0.717, 1.165) is 56.0 Å². The molecular weight excluding hydrogens is 302 g/mol. The van der Waals surface area contributed by atoms with Crippen LogP contribution in [0.5, 0.6) is 0 Å². The van der Waals surface area contributed by atoms with Crippen LogP contribution in [0, 0.1) is 6.92 Å². The third-order valence-electron chi connectivity index (χ3n) is 5.40. The van der Waals surface area contributed by atoms with Crippen LogP contribution in [0.3, 0.4) is 0 Å². The number of amides is 1. The Morgan fingerprint density at radius 2 is 2.00 bits per heavy atom. The van der Waals surface area contributed by atoms with Gasteiger partial charge >= 0.3 is 0 Å². The number of piperidine rings is 1. The Kier molecular flexibility index (Phi) is 3.88. The van der Waals surface area contributed by atoms with E-state index in [4.69, 9.17) is 4.42 Å². The highest BCUT2D eigenvalue weighted by Crippen LogP contribution is 2.39. The minimum atomic E-state index is -0.0411. The van der Waals surface area contributed by atoms with Gasteiger partial charge in [-0.25, -0.2) is 0 Å². The molecule has 0 unspecified atom stereocenters. The molecule has 2 saturated heterocycles. The third-order valence-corrected chi connectivity index (χ3v) is 5.40. The molecular formula is C19H23N3O2. The van der Waals surface area contributed by atoms with Crippen LogP contribution in [0.1, 0.15) is 42.3 Å². The van der Waals surface area contributed by atoms with E-state index >= 15 is 0 Å². The van der Waals surface area contributed by atoms with Gasteiger partial charge in [-0.05, 0) is 56.0 Å². The van der Waals surface area contributed by atoms with Gasteiger partial charge in [-0.3, -0.25) is 14.7 Å². The lowest BCUT2D eigenvalue weighted by Crippen LogP contribution is -2.50. The van der Waals surface area contributed by atoms with Crippen molar-refractivity contribution in [3.63, 3.8) is 0 Å². The molecule has 2 aliphatic rings. The van der Waals surface area contributed by atoms with Crippen molar-refractivity contribution in [2.24, 2.45) is 0 Å². The van der Waals surface area contributed by atoms with E-state index in [1.165, 1.54) is 0 Å². The normalized spacial score (nSPS) is 23.5. The Morgan fingerprint density at radius 1 is 1.25 bits per heavy atom. The summed E-state index contributed by atoms with van der Waals surface area (Å²) in [6.45, 7) is 4.81. The maximum atomic E-state index is 12.5. The molecule has 0 saturated carbocycles. The minimum Gasteiger partial charge on any atom is -0.465 e. The molecule has 0 aliphatic carbocycles. The molecule has 126 valence electrons. The van der Waals surface area contributed by atoms with E-state index in [9.17, 15) is 4.79 Å². The molecule has 5 nitrogen and oxygen atoms in total. The summed E-state index contributed by atoms with van der Waals surface area (Å²) in [5, 5.41) is 3.30. The molecule has 4 rings (SSSR count). The summed E-state index contributed by atoms with van der Waals surface area (Å²) in [4.78, 5) is 18.9. The topological polar surface area (TPSA) is 58.4 Å². The number of nitrogens with zero attached hydrogens (tertiary/aromatic N) is 2. The molecule has 5 heteroatoms. The van der Waals surface area contributed by atoms with Gasteiger partial charge in [0.15, 0.2) is 0 Å². The summed E-state index contributed by atoms with van der Waals surface area (Å²) in [7, 11) is 0. The second-order valence-electron chi connectivity index (χ2n) is 7.10. The highest BCUT2D eigenvalue weighted by molar-refractivity contribution is 5.87. The van der Waals surface area contributed by atoms with Crippen LogP contribution in [0.4, 0.5) is 0 Å². The maximum Gasteiger partial charge on any atom is 0.228 e. The molecule has 1 N–H and O–H groups in total. The predicted molar refractivity (Wildman–Crippen MR) is 90.4 cm³/mol. The van der Waals surface area contributed by atoms with Crippen molar-refractivity contribution in [1.82, 2.24) is 15.2 Å². The van der Waals surface area contributed by atoms with Gasteiger partial charge in [-0.1, -0.05) is 0 Å². The Bertz CT molecular complexity index is 717. The van der Waals surface area contributed by atoms with Gasteiger partial charge in [-0.2, -0.15) is 0 Å². The van der Waals surface area contributed by atoms with Gasteiger partial charge in [0.05, 0.1) is 12.5 Å². The molecule has 2 aliphatic heterocycles. The van der Waals surface area contributed by atoms with Crippen molar-refractivity contribution < 1.29 is 9.21 Å². The summed E-state index contributed by atoms with van der Waals surface area (Å²) < 4.78 is 5.68. The van der Waals surface area contributed by atoms with Crippen LogP contribution < -0.4 is 5.32 Å². The van der Waals surface area contributed by atoms with Crippen LogP contribution in [-0.2, 0) is 11.3 Å². The number of carbonyl (C=O) groups is 1. The van der Waals surface area contributed by atoms with Crippen molar-refractivity contribution in [3.8, 4) is 0 Å². The Labute approximate surface area is 142 Å². The van der Waals surface area contributed by atoms with Crippen molar-refractivity contribution in [3.05, 3.63) is 53.7 Å². The number of furan rings is 1. The van der Waals surface area contributed by atoms with E-state index in [1.54, 1.807) is 12.4 Å². The molecule has 0 radical (unpaired) electrons. The molecule has 2 aromatic heterocycles. The lowest BCUT2D eigenvalue weighted by Gasteiger charge is -2.39. The molecule has 24 heavy (non-hydrogen) atoms. The van der Waals surface area contributed by atoms with Gasteiger partial charge in [0, 0.05) is 31.0 Å². The molecule has 0 bridgehead atoms. The number of aryl methyl sites for hydroxylation is 1. The minimum absolute atomic E-state index is 0.0349. The molecule has 0 aromatic carbocycles. The Balaban J connectivity index is 1.39. The van der Waals surface area contributed by atoms with Crippen LogP contribution in [0.15, 0.2) is 41.1 Å².